The van der Waals surface area contributed by atoms with Crippen molar-refractivity contribution in [2.75, 3.05) is 5.32 Å². The van der Waals surface area contributed by atoms with E-state index >= 15 is 0 Å². The Morgan fingerprint density at radius 1 is 0.912 bits per heavy atom. The highest BCUT2D eigenvalue weighted by atomic mass is 16.3. The van der Waals surface area contributed by atoms with Crippen LogP contribution in [0.3, 0.4) is 0 Å². The van der Waals surface area contributed by atoms with Crippen molar-refractivity contribution in [2.24, 2.45) is 5.10 Å². The number of nitrogens with zero attached hydrogens (tertiary/aromatic N) is 2. The molecule has 166 valence electrons. The summed E-state index contributed by atoms with van der Waals surface area (Å²) in [7, 11) is 0. The van der Waals surface area contributed by atoms with E-state index in [4.69, 9.17) is 4.98 Å². The number of carbonyl (C=O) groups is 1. The maximum Gasteiger partial charge on any atom is 0.271 e. The maximum absolute atomic E-state index is 12.4. The van der Waals surface area contributed by atoms with Crippen LogP contribution in [0.15, 0.2) is 96.1 Å². The monoisotopic (exact) mass is 446 g/mol. The fourth-order valence-corrected chi connectivity index (χ4v) is 3.84. The second-order valence-electron chi connectivity index (χ2n) is 7.99. The van der Waals surface area contributed by atoms with Gasteiger partial charge in [0.05, 0.1) is 11.7 Å². The number of hydrazone groups is 1. The van der Waals surface area contributed by atoms with E-state index in [9.17, 15) is 9.90 Å². The third-order valence-electron chi connectivity index (χ3n) is 5.53. The second kappa shape index (κ2) is 9.03. The van der Waals surface area contributed by atoms with Gasteiger partial charge in [-0.15, -0.1) is 0 Å². The summed E-state index contributed by atoms with van der Waals surface area (Å²) >= 11 is 0. The molecule has 5 aromatic rings. The van der Waals surface area contributed by atoms with Crippen molar-refractivity contribution in [1.82, 2.24) is 10.4 Å². The second-order valence-corrected chi connectivity index (χ2v) is 7.99. The van der Waals surface area contributed by atoms with Gasteiger partial charge in [0, 0.05) is 33.4 Å². The third-order valence-corrected chi connectivity index (χ3v) is 5.53. The molecule has 0 spiro atoms. The number of carbonyl (C=O) groups excluding carboxylic acids is 1. The van der Waals surface area contributed by atoms with E-state index in [1.165, 1.54) is 6.21 Å². The molecule has 0 saturated carbocycles. The molecule has 0 radical (unpaired) electrons. The zero-order chi connectivity index (χ0) is 23.5. The summed E-state index contributed by atoms with van der Waals surface area (Å²) in [6.07, 6.45) is 1.52. The van der Waals surface area contributed by atoms with E-state index in [-0.39, 0.29) is 11.7 Å². The van der Waals surface area contributed by atoms with Crippen LogP contribution in [0.5, 0.6) is 5.75 Å². The van der Waals surface area contributed by atoms with E-state index < -0.39 is 0 Å². The molecule has 6 heteroatoms. The van der Waals surface area contributed by atoms with Crippen molar-refractivity contribution >= 4 is 45.2 Å². The summed E-state index contributed by atoms with van der Waals surface area (Å²) in [6.45, 7) is 1.98. The Morgan fingerprint density at radius 2 is 1.68 bits per heavy atom. The summed E-state index contributed by atoms with van der Waals surface area (Å²) in [5.41, 5.74) is 7.50. The molecule has 34 heavy (non-hydrogen) atoms. The number of pyridine rings is 1. The molecule has 0 saturated heterocycles. The van der Waals surface area contributed by atoms with Crippen LogP contribution < -0.4 is 10.7 Å². The van der Waals surface area contributed by atoms with E-state index in [1.807, 2.05) is 37.3 Å². The fraction of sp³-hybridized carbons (Fsp3) is 0.0357. The van der Waals surface area contributed by atoms with Gasteiger partial charge in [-0.25, -0.2) is 5.43 Å². The molecule has 0 aliphatic carbocycles. The Balaban J connectivity index is 1.33. The number of aryl methyl sites for hydroxylation is 1. The van der Waals surface area contributed by atoms with Crippen molar-refractivity contribution in [2.45, 2.75) is 6.92 Å². The summed E-state index contributed by atoms with van der Waals surface area (Å²) < 4.78 is 0. The highest BCUT2D eigenvalue weighted by Gasteiger charge is 2.09. The van der Waals surface area contributed by atoms with Crippen LogP contribution >= 0.6 is 0 Å². The van der Waals surface area contributed by atoms with Gasteiger partial charge in [0.15, 0.2) is 0 Å². The zero-order valence-electron chi connectivity index (χ0n) is 18.5. The highest BCUT2D eigenvalue weighted by molar-refractivity contribution is 6.09. The number of hydrogen-bond acceptors (Lipinski definition) is 5. The zero-order valence-corrected chi connectivity index (χ0v) is 18.5. The topological polar surface area (TPSA) is 86.6 Å². The molecule has 4 aromatic carbocycles. The first-order valence-electron chi connectivity index (χ1n) is 10.9. The van der Waals surface area contributed by atoms with Gasteiger partial charge in [-0.2, -0.15) is 5.10 Å². The first-order chi connectivity index (χ1) is 16.6. The SMILES string of the molecule is Cc1cc(Nc2ccc(C(=O)NN=Cc3ccc(O)cc3)cc2)c2ccc3ccccc3c2n1. The number of hydrogen-bond donors (Lipinski definition) is 3. The molecule has 0 fully saturated rings. The number of phenolic OH excluding ortho intramolecular Hbond substituents is 1. The van der Waals surface area contributed by atoms with Gasteiger partial charge >= 0.3 is 0 Å². The minimum Gasteiger partial charge on any atom is -0.508 e. The van der Waals surface area contributed by atoms with E-state index in [1.54, 1.807) is 36.4 Å². The Bertz CT molecular complexity index is 1530. The van der Waals surface area contributed by atoms with Gasteiger partial charge in [0.25, 0.3) is 5.91 Å². The molecule has 1 amide bonds. The molecular formula is C28H22N4O2. The highest BCUT2D eigenvalue weighted by Crippen LogP contribution is 2.31. The van der Waals surface area contributed by atoms with Crippen molar-refractivity contribution in [3.8, 4) is 5.75 Å². The predicted octanol–water partition coefficient (Wildman–Crippen LogP) is 5.91. The predicted molar refractivity (Wildman–Crippen MR) is 137 cm³/mol. The fourth-order valence-electron chi connectivity index (χ4n) is 3.84. The molecule has 5 rings (SSSR count). The summed E-state index contributed by atoms with van der Waals surface area (Å²) in [4.78, 5) is 17.2. The van der Waals surface area contributed by atoms with Crippen LogP contribution in [0, 0.1) is 6.92 Å². The van der Waals surface area contributed by atoms with Crippen molar-refractivity contribution in [1.29, 1.82) is 0 Å². The van der Waals surface area contributed by atoms with Gasteiger partial charge in [-0.3, -0.25) is 9.78 Å². The molecule has 0 bridgehead atoms. The van der Waals surface area contributed by atoms with Crippen molar-refractivity contribution in [3.05, 3.63) is 108 Å². The first kappa shape index (κ1) is 21.2. The molecule has 3 N–H and O–H groups in total. The largest absolute Gasteiger partial charge is 0.508 e. The van der Waals surface area contributed by atoms with Crippen LogP contribution in [-0.2, 0) is 0 Å². The van der Waals surface area contributed by atoms with Crippen LogP contribution in [0.1, 0.15) is 21.6 Å². The number of aromatic hydroxyl groups is 1. The van der Waals surface area contributed by atoms with Gasteiger partial charge in [0.1, 0.15) is 5.75 Å². The smallest absolute Gasteiger partial charge is 0.271 e. The minimum absolute atomic E-state index is 0.179. The van der Waals surface area contributed by atoms with Crippen molar-refractivity contribution < 1.29 is 9.90 Å². The number of amides is 1. The number of anilines is 2. The van der Waals surface area contributed by atoms with Gasteiger partial charge in [-0.05, 0) is 72.5 Å². The van der Waals surface area contributed by atoms with Crippen LogP contribution in [-0.4, -0.2) is 22.2 Å². The molecular weight excluding hydrogens is 424 g/mol. The number of fused-ring (bicyclic) bond motifs is 3. The Labute approximate surface area is 196 Å². The van der Waals surface area contributed by atoms with E-state index in [2.05, 4.69) is 40.1 Å². The maximum atomic E-state index is 12.4. The quantitative estimate of drug-likeness (QED) is 0.178. The molecule has 1 aromatic heterocycles. The molecule has 0 unspecified atom stereocenters. The lowest BCUT2D eigenvalue weighted by Crippen LogP contribution is -2.17. The van der Waals surface area contributed by atoms with Crippen molar-refractivity contribution in [3.63, 3.8) is 0 Å². The lowest BCUT2D eigenvalue weighted by Gasteiger charge is -2.13. The third kappa shape index (κ3) is 4.42. The van der Waals surface area contributed by atoms with E-state index in [0.29, 0.717) is 5.56 Å². The number of rotatable bonds is 5. The number of nitrogens with one attached hydrogen (secondary N) is 2. The van der Waals surface area contributed by atoms with Gasteiger partial charge in [-0.1, -0.05) is 36.4 Å². The van der Waals surface area contributed by atoms with Gasteiger partial charge in [0.2, 0.25) is 0 Å². The molecule has 0 atom stereocenters. The lowest BCUT2D eigenvalue weighted by molar-refractivity contribution is 0.0955. The Kier molecular flexibility index (Phi) is 5.62. The normalized spacial score (nSPS) is 11.2. The molecule has 0 aliphatic rings. The van der Waals surface area contributed by atoms with Crippen LogP contribution in [0.2, 0.25) is 0 Å². The first-order valence-corrected chi connectivity index (χ1v) is 10.9. The molecule has 1 heterocycles. The Hall–Kier alpha value is -4.71. The Morgan fingerprint density at radius 3 is 2.47 bits per heavy atom. The summed E-state index contributed by atoms with van der Waals surface area (Å²) in [5, 5.41) is 20.1. The van der Waals surface area contributed by atoms with Crippen LogP contribution in [0.4, 0.5) is 11.4 Å². The minimum atomic E-state index is -0.307. The summed E-state index contributed by atoms with van der Waals surface area (Å²) in [6, 6.07) is 28.2. The van der Waals surface area contributed by atoms with Gasteiger partial charge < -0.3 is 10.4 Å². The number of aromatic nitrogens is 1. The average Bonchev–Trinajstić information content (AvgIpc) is 2.85. The lowest BCUT2D eigenvalue weighted by atomic mass is 10.0. The standard InChI is InChI=1S/C28H22N4O2/c1-18-16-26(25-15-10-20-4-2-3-5-24(20)27(25)30-18)31-22-11-8-21(9-12-22)28(34)32-29-17-19-6-13-23(33)14-7-19/h2-17,33H,1H3,(H,30,31)(H,32,34). The molecule has 0 aliphatic heterocycles. The number of benzene rings is 4. The van der Waals surface area contributed by atoms with Crippen LogP contribution in [0.25, 0.3) is 21.7 Å². The number of phenols is 1. The molecule has 6 nitrogen and oxygen atoms in total. The van der Waals surface area contributed by atoms with E-state index in [0.717, 1.165) is 44.3 Å². The summed E-state index contributed by atoms with van der Waals surface area (Å²) in [5.74, 6) is -0.128. The average molecular weight is 447 g/mol.